The van der Waals surface area contributed by atoms with Gasteiger partial charge in [0.2, 0.25) is 0 Å². The largest absolute Gasteiger partial charge is 0.481 e. The van der Waals surface area contributed by atoms with E-state index in [1.165, 1.54) is 0 Å². The van der Waals surface area contributed by atoms with Crippen LogP contribution in [-0.2, 0) is 15.0 Å². The van der Waals surface area contributed by atoms with Crippen LogP contribution in [-0.4, -0.2) is 53.3 Å². The Balaban J connectivity index is 1.73. The van der Waals surface area contributed by atoms with Crippen LogP contribution in [0.25, 0.3) is 0 Å². The Bertz CT molecular complexity index is 487. The second-order valence-electron chi connectivity index (χ2n) is 6.62. The van der Waals surface area contributed by atoms with Crippen LogP contribution >= 0.6 is 0 Å². The van der Waals surface area contributed by atoms with Crippen LogP contribution in [0.5, 0.6) is 0 Å². The molecule has 3 saturated heterocycles. The quantitative estimate of drug-likeness (QED) is 0.851. The molecule has 0 amide bonds. The van der Waals surface area contributed by atoms with E-state index in [0.29, 0.717) is 25.9 Å². The molecule has 0 aliphatic carbocycles. The lowest BCUT2D eigenvalue weighted by molar-refractivity contribution is -0.138. The third-order valence-electron chi connectivity index (χ3n) is 5.13. The minimum absolute atomic E-state index is 0.0139. The first kappa shape index (κ1) is 15.2. The van der Waals surface area contributed by atoms with Gasteiger partial charge in [0.05, 0.1) is 0 Å². The minimum Gasteiger partial charge on any atom is -0.481 e. The van der Waals surface area contributed by atoms with Crippen molar-refractivity contribution in [1.29, 1.82) is 0 Å². The number of nitrogens with zero attached hydrogens (tertiary/aromatic N) is 2. The molecule has 0 aromatic heterocycles. The van der Waals surface area contributed by atoms with E-state index in [4.69, 9.17) is 5.11 Å². The molecule has 2 unspecified atom stereocenters. The molecule has 2 atom stereocenters. The summed E-state index contributed by atoms with van der Waals surface area (Å²) >= 11 is 0. The lowest BCUT2D eigenvalue weighted by Gasteiger charge is -2.40. The number of carboxylic acids is 1. The average Bonchev–Trinajstić information content (AvgIpc) is 2.72. The highest BCUT2D eigenvalue weighted by atomic mass is 32.2. The van der Waals surface area contributed by atoms with Gasteiger partial charge in [-0.05, 0) is 44.4 Å². The van der Waals surface area contributed by atoms with Crippen LogP contribution in [0.3, 0.4) is 0 Å². The van der Waals surface area contributed by atoms with Crippen molar-refractivity contribution in [2.75, 3.05) is 13.1 Å². The predicted molar refractivity (Wildman–Crippen MR) is 78.0 cm³/mol. The van der Waals surface area contributed by atoms with Gasteiger partial charge in [0.15, 0.2) is 0 Å². The molecule has 120 valence electrons. The van der Waals surface area contributed by atoms with Gasteiger partial charge < -0.3 is 5.11 Å². The number of aliphatic carboxylic acids is 1. The topological polar surface area (TPSA) is 77.9 Å². The van der Waals surface area contributed by atoms with Crippen molar-refractivity contribution < 1.29 is 18.3 Å². The zero-order valence-electron chi connectivity index (χ0n) is 12.3. The van der Waals surface area contributed by atoms with Gasteiger partial charge in [0, 0.05) is 31.6 Å². The van der Waals surface area contributed by atoms with Crippen molar-refractivity contribution in [3.63, 3.8) is 0 Å². The van der Waals surface area contributed by atoms with Gasteiger partial charge in [-0.2, -0.15) is 17.0 Å². The average molecular weight is 316 g/mol. The summed E-state index contributed by atoms with van der Waals surface area (Å²) in [6.07, 6.45) is 6.35. The second kappa shape index (κ2) is 5.85. The number of rotatable bonds is 4. The van der Waals surface area contributed by atoms with Crippen LogP contribution in [0.15, 0.2) is 0 Å². The Morgan fingerprint density at radius 3 is 2.14 bits per heavy atom. The fourth-order valence-electron chi connectivity index (χ4n) is 4.27. The van der Waals surface area contributed by atoms with Crippen molar-refractivity contribution in [2.24, 2.45) is 5.92 Å². The van der Waals surface area contributed by atoms with Crippen LogP contribution < -0.4 is 0 Å². The molecule has 2 bridgehead atoms. The van der Waals surface area contributed by atoms with E-state index in [1.54, 1.807) is 8.61 Å². The third-order valence-corrected chi connectivity index (χ3v) is 7.28. The Labute approximate surface area is 126 Å². The van der Waals surface area contributed by atoms with Gasteiger partial charge in [-0.15, -0.1) is 0 Å². The van der Waals surface area contributed by atoms with Crippen molar-refractivity contribution in [3.8, 4) is 0 Å². The summed E-state index contributed by atoms with van der Waals surface area (Å²) in [6.45, 7) is 1.27. The smallest absolute Gasteiger partial charge is 0.303 e. The first-order valence-electron chi connectivity index (χ1n) is 7.99. The van der Waals surface area contributed by atoms with E-state index in [9.17, 15) is 13.2 Å². The number of fused-ring (bicyclic) bond motifs is 2. The van der Waals surface area contributed by atoms with Crippen molar-refractivity contribution in [3.05, 3.63) is 0 Å². The first-order valence-corrected chi connectivity index (χ1v) is 9.38. The summed E-state index contributed by atoms with van der Waals surface area (Å²) in [4.78, 5) is 10.9. The lowest BCUT2D eigenvalue weighted by Crippen LogP contribution is -2.53. The van der Waals surface area contributed by atoms with Gasteiger partial charge in [-0.1, -0.05) is 6.42 Å². The molecule has 6 nitrogen and oxygen atoms in total. The number of carbonyl (C=O) groups is 1. The molecular weight excluding hydrogens is 292 g/mol. The van der Waals surface area contributed by atoms with Gasteiger partial charge >= 0.3 is 5.97 Å². The lowest BCUT2D eigenvalue weighted by atomic mass is 9.90. The third kappa shape index (κ3) is 2.96. The first-order chi connectivity index (χ1) is 9.98. The maximum atomic E-state index is 12.9. The van der Waals surface area contributed by atoms with Gasteiger partial charge in [0.1, 0.15) is 0 Å². The van der Waals surface area contributed by atoms with E-state index >= 15 is 0 Å². The summed E-state index contributed by atoms with van der Waals surface area (Å²) in [7, 11) is -3.35. The van der Waals surface area contributed by atoms with Gasteiger partial charge in [-0.3, -0.25) is 4.79 Å². The van der Waals surface area contributed by atoms with Crippen LogP contribution in [0.1, 0.15) is 51.4 Å². The normalized spacial score (nSPS) is 35.0. The Hall–Kier alpha value is -0.660. The second-order valence-corrected chi connectivity index (χ2v) is 8.45. The molecule has 0 saturated carbocycles. The molecule has 3 aliphatic rings. The maximum Gasteiger partial charge on any atom is 0.303 e. The standard InChI is InChI=1S/C14H24N2O4S/c17-14(18)10-11-8-12-4-5-13(9-11)16(12)21(19,20)15-6-2-1-3-7-15/h11-13H,1-10H2,(H,17,18). The highest BCUT2D eigenvalue weighted by molar-refractivity contribution is 7.86. The number of hydrogen-bond acceptors (Lipinski definition) is 3. The van der Waals surface area contributed by atoms with Crippen molar-refractivity contribution in [2.45, 2.75) is 63.5 Å². The number of hydrogen-bond donors (Lipinski definition) is 1. The van der Waals surface area contributed by atoms with Crippen LogP contribution in [0.2, 0.25) is 0 Å². The van der Waals surface area contributed by atoms with E-state index < -0.39 is 16.2 Å². The summed E-state index contributed by atoms with van der Waals surface area (Å²) in [5.74, 6) is -0.639. The van der Waals surface area contributed by atoms with Crippen molar-refractivity contribution in [1.82, 2.24) is 8.61 Å². The monoisotopic (exact) mass is 316 g/mol. The fraction of sp³-hybridized carbons (Fsp3) is 0.929. The molecule has 0 aromatic rings. The van der Waals surface area contributed by atoms with Crippen molar-refractivity contribution >= 4 is 16.2 Å². The summed E-state index contributed by atoms with van der Waals surface area (Å²) in [5, 5.41) is 8.95. The van der Waals surface area contributed by atoms with E-state index in [0.717, 1.165) is 32.1 Å². The number of carboxylic acid groups (broad SMARTS) is 1. The summed E-state index contributed by atoms with van der Waals surface area (Å²) in [5.41, 5.74) is 0. The molecule has 0 spiro atoms. The molecular formula is C14H24N2O4S. The molecule has 3 aliphatic heterocycles. The molecule has 0 aromatic carbocycles. The van der Waals surface area contributed by atoms with Crippen LogP contribution in [0, 0.1) is 5.92 Å². The Kier molecular flexibility index (Phi) is 4.25. The highest BCUT2D eigenvalue weighted by Crippen LogP contribution is 2.42. The highest BCUT2D eigenvalue weighted by Gasteiger charge is 2.48. The predicted octanol–water partition coefficient (Wildman–Crippen LogP) is 1.43. The Morgan fingerprint density at radius 2 is 1.62 bits per heavy atom. The van der Waals surface area contributed by atoms with E-state index in [1.807, 2.05) is 0 Å². The minimum atomic E-state index is -3.35. The summed E-state index contributed by atoms with van der Waals surface area (Å²) in [6, 6.07) is 0.0278. The summed E-state index contributed by atoms with van der Waals surface area (Å²) < 4.78 is 29.1. The van der Waals surface area contributed by atoms with E-state index in [-0.39, 0.29) is 24.4 Å². The Morgan fingerprint density at radius 1 is 1.05 bits per heavy atom. The maximum absolute atomic E-state index is 12.9. The molecule has 3 heterocycles. The van der Waals surface area contributed by atoms with Crippen LogP contribution in [0.4, 0.5) is 0 Å². The SMILES string of the molecule is O=C(O)CC1CC2CCC(C1)N2S(=O)(=O)N1CCCCC1. The molecule has 1 N–H and O–H groups in total. The molecule has 0 radical (unpaired) electrons. The zero-order valence-corrected chi connectivity index (χ0v) is 13.1. The zero-order chi connectivity index (χ0) is 15.0. The fourth-order valence-corrected chi connectivity index (χ4v) is 6.39. The van der Waals surface area contributed by atoms with E-state index in [2.05, 4.69) is 0 Å². The molecule has 3 rings (SSSR count). The molecule has 3 fully saturated rings. The molecule has 21 heavy (non-hydrogen) atoms. The molecule has 7 heteroatoms. The van der Waals surface area contributed by atoms with Gasteiger partial charge in [0.25, 0.3) is 10.2 Å². The number of piperidine rings is 2. The van der Waals surface area contributed by atoms with Gasteiger partial charge in [-0.25, -0.2) is 0 Å².